The summed E-state index contributed by atoms with van der Waals surface area (Å²) in [6.45, 7) is 0.736. The average Bonchev–Trinajstić information content (AvgIpc) is 2.33. The van der Waals surface area contributed by atoms with Crippen molar-refractivity contribution in [2.45, 2.75) is 6.54 Å². The number of anilines is 1. The van der Waals surface area contributed by atoms with Gasteiger partial charge in [0, 0.05) is 15.8 Å². The summed E-state index contributed by atoms with van der Waals surface area (Å²) in [5.74, 6) is 0.267. The molecule has 0 heterocycles. The maximum absolute atomic E-state index is 9.39. The Morgan fingerprint density at radius 3 is 2.47 bits per heavy atom. The maximum atomic E-state index is 9.39. The first kappa shape index (κ1) is 12.7. The van der Waals surface area contributed by atoms with E-state index in [0.29, 0.717) is 0 Å². The number of aromatic hydroxyl groups is 1. The summed E-state index contributed by atoms with van der Waals surface area (Å²) in [6.07, 6.45) is 0. The first-order chi connectivity index (χ1) is 8.15. The van der Waals surface area contributed by atoms with Gasteiger partial charge < -0.3 is 10.4 Å². The summed E-state index contributed by atoms with van der Waals surface area (Å²) in [6, 6.07) is 13.7. The summed E-state index contributed by atoms with van der Waals surface area (Å²) >= 11 is 5.59. The van der Waals surface area contributed by atoms with Crippen LogP contribution in [0.1, 0.15) is 5.56 Å². The third kappa shape index (κ3) is 3.61. The topological polar surface area (TPSA) is 32.3 Å². The van der Waals surface area contributed by atoms with Gasteiger partial charge >= 0.3 is 0 Å². The first-order valence-corrected chi connectivity index (χ1v) is 6.99. The minimum atomic E-state index is 0.267. The Kier molecular flexibility index (Phi) is 4.28. The van der Waals surface area contributed by atoms with Gasteiger partial charge in [0.1, 0.15) is 5.75 Å². The fourth-order valence-corrected chi connectivity index (χ4v) is 2.22. The molecule has 88 valence electrons. The molecule has 2 aromatic carbocycles. The second-order valence-corrected chi connectivity index (χ2v) is 5.75. The molecule has 0 aliphatic rings. The van der Waals surface area contributed by atoms with Gasteiger partial charge in [-0.25, -0.2) is 0 Å². The minimum Gasteiger partial charge on any atom is -0.507 e. The Hall–Kier alpha value is -0.750. The van der Waals surface area contributed by atoms with E-state index in [2.05, 4.69) is 68.1 Å². The summed E-state index contributed by atoms with van der Waals surface area (Å²) in [7, 11) is 0. The van der Waals surface area contributed by atoms with Crippen LogP contribution in [0.25, 0.3) is 0 Å². The Morgan fingerprint density at radius 1 is 1.12 bits per heavy atom. The monoisotopic (exact) mass is 403 g/mol. The highest BCUT2D eigenvalue weighted by Gasteiger charge is 1.99. The van der Waals surface area contributed by atoms with Crippen LogP contribution in [0.15, 0.2) is 46.9 Å². The third-order valence-electron chi connectivity index (χ3n) is 2.35. The lowest BCUT2D eigenvalue weighted by Gasteiger charge is -2.07. The Balaban J connectivity index is 2.02. The van der Waals surface area contributed by atoms with Crippen LogP contribution in [0.3, 0.4) is 0 Å². The molecule has 4 heteroatoms. The number of phenols is 1. The van der Waals surface area contributed by atoms with Crippen LogP contribution in [-0.2, 0) is 6.54 Å². The van der Waals surface area contributed by atoms with Gasteiger partial charge in [-0.3, -0.25) is 0 Å². The summed E-state index contributed by atoms with van der Waals surface area (Å²) in [5.41, 5.74) is 2.21. The molecule has 0 aromatic heterocycles. The zero-order valence-electron chi connectivity index (χ0n) is 8.95. The van der Waals surface area contributed by atoms with Crippen molar-refractivity contribution in [1.82, 2.24) is 0 Å². The van der Waals surface area contributed by atoms with E-state index in [-0.39, 0.29) is 5.75 Å². The first-order valence-electron chi connectivity index (χ1n) is 5.12. The average molecular weight is 404 g/mol. The SMILES string of the molecule is Oc1ccc(CNc2ccc(I)cc2)cc1Br. The van der Waals surface area contributed by atoms with Gasteiger partial charge in [0.2, 0.25) is 0 Å². The molecule has 2 aromatic rings. The van der Waals surface area contributed by atoms with Crippen LogP contribution in [-0.4, -0.2) is 5.11 Å². The highest BCUT2D eigenvalue weighted by atomic mass is 127. The van der Waals surface area contributed by atoms with Crippen molar-refractivity contribution in [2.75, 3.05) is 5.32 Å². The van der Waals surface area contributed by atoms with E-state index in [1.807, 2.05) is 12.1 Å². The number of hydrogen-bond acceptors (Lipinski definition) is 2. The van der Waals surface area contributed by atoms with E-state index < -0.39 is 0 Å². The van der Waals surface area contributed by atoms with Gasteiger partial charge in [0.25, 0.3) is 0 Å². The van der Waals surface area contributed by atoms with Crippen LogP contribution in [0.4, 0.5) is 5.69 Å². The molecule has 0 amide bonds. The van der Waals surface area contributed by atoms with E-state index >= 15 is 0 Å². The second kappa shape index (κ2) is 5.73. The van der Waals surface area contributed by atoms with Crippen LogP contribution < -0.4 is 5.32 Å². The van der Waals surface area contributed by atoms with Crippen molar-refractivity contribution in [3.8, 4) is 5.75 Å². The lowest BCUT2D eigenvalue weighted by atomic mass is 10.2. The van der Waals surface area contributed by atoms with Crippen molar-refractivity contribution in [3.63, 3.8) is 0 Å². The summed E-state index contributed by atoms with van der Waals surface area (Å²) < 4.78 is 1.94. The molecule has 2 rings (SSSR count). The highest BCUT2D eigenvalue weighted by Crippen LogP contribution is 2.24. The predicted octanol–water partition coefficient (Wildman–Crippen LogP) is 4.37. The number of halogens is 2. The lowest BCUT2D eigenvalue weighted by molar-refractivity contribution is 0.471. The second-order valence-electron chi connectivity index (χ2n) is 3.65. The molecule has 0 fully saturated rings. The van der Waals surface area contributed by atoms with E-state index in [4.69, 9.17) is 0 Å². The normalized spacial score (nSPS) is 10.2. The van der Waals surface area contributed by atoms with Crippen LogP contribution in [0.2, 0.25) is 0 Å². The third-order valence-corrected chi connectivity index (χ3v) is 3.71. The number of rotatable bonds is 3. The number of phenolic OH excluding ortho intramolecular Hbond substituents is 1. The van der Waals surface area contributed by atoms with Crippen molar-refractivity contribution in [2.24, 2.45) is 0 Å². The van der Waals surface area contributed by atoms with E-state index in [1.165, 1.54) is 3.57 Å². The summed E-state index contributed by atoms with van der Waals surface area (Å²) in [4.78, 5) is 0. The molecule has 0 unspecified atom stereocenters. The summed E-state index contributed by atoms with van der Waals surface area (Å²) in [5, 5.41) is 12.7. The van der Waals surface area contributed by atoms with Crippen LogP contribution >= 0.6 is 38.5 Å². The van der Waals surface area contributed by atoms with E-state index in [0.717, 1.165) is 22.3 Å². The molecule has 2 N–H and O–H groups in total. The van der Waals surface area contributed by atoms with Crippen LogP contribution in [0, 0.1) is 3.57 Å². The van der Waals surface area contributed by atoms with Crippen molar-refractivity contribution >= 4 is 44.2 Å². The molecule has 0 aliphatic carbocycles. The molecule has 2 nitrogen and oxygen atoms in total. The van der Waals surface area contributed by atoms with E-state index in [1.54, 1.807) is 6.07 Å². The quantitative estimate of drug-likeness (QED) is 0.745. The Morgan fingerprint density at radius 2 is 1.82 bits per heavy atom. The highest BCUT2D eigenvalue weighted by molar-refractivity contribution is 14.1. The largest absolute Gasteiger partial charge is 0.507 e. The number of hydrogen-bond donors (Lipinski definition) is 2. The standard InChI is InChI=1S/C13H11BrINO/c14-12-7-9(1-6-13(12)17)8-16-11-4-2-10(15)3-5-11/h1-7,16-17H,8H2. The van der Waals surface area contributed by atoms with Crippen molar-refractivity contribution in [1.29, 1.82) is 0 Å². The van der Waals surface area contributed by atoms with Crippen LogP contribution in [0.5, 0.6) is 5.75 Å². The zero-order valence-corrected chi connectivity index (χ0v) is 12.7. The van der Waals surface area contributed by atoms with Gasteiger partial charge in [-0.05, 0) is 80.5 Å². The fourth-order valence-electron chi connectivity index (χ4n) is 1.43. The van der Waals surface area contributed by atoms with E-state index in [9.17, 15) is 5.11 Å². The van der Waals surface area contributed by atoms with Gasteiger partial charge in [0.05, 0.1) is 4.47 Å². The smallest absolute Gasteiger partial charge is 0.129 e. The van der Waals surface area contributed by atoms with Gasteiger partial charge in [-0.2, -0.15) is 0 Å². The molecule has 0 atom stereocenters. The molecule has 17 heavy (non-hydrogen) atoms. The molecule has 0 bridgehead atoms. The maximum Gasteiger partial charge on any atom is 0.129 e. The Labute approximate surface area is 122 Å². The molecular weight excluding hydrogens is 393 g/mol. The van der Waals surface area contributed by atoms with Gasteiger partial charge in [-0.15, -0.1) is 0 Å². The molecular formula is C13H11BrINO. The fraction of sp³-hybridized carbons (Fsp3) is 0.0769. The zero-order chi connectivity index (χ0) is 12.3. The molecule has 0 spiro atoms. The van der Waals surface area contributed by atoms with Gasteiger partial charge in [0.15, 0.2) is 0 Å². The number of nitrogens with one attached hydrogen (secondary N) is 1. The molecule has 0 aliphatic heterocycles. The molecule has 0 radical (unpaired) electrons. The lowest BCUT2D eigenvalue weighted by Crippen LogP contribution is -1.99. The predicted molar refractivity (Wildman–Crippen MR) is 82.3 cm³/mol. The number of benzene rings is 2. The Bertz CT molecular complexity index is 513. The van der Waals surface area contributed by atoms with Crippen molar-refractivity contribution < 1.29 is 5.11 Å². The van der Waals surface area contributed by atoms with Gasteiger partial charge in [-0.1, -0.05) is 6.07 Å². The molecule has 0 saturated heterocycles. The molecule has 0 saturated carbocycles. The minimum absolute atomic E-state index is 0.267. The van der Waals surface area contributed by atoms with Crippen molar-refractivity contribution in [3.05, 3.63) is 56.1 Å².